The number of nitrogens with two attached hydrogens (primary N) is 1. The average molecular weight is 493 g/mol. The molecule has 1 aliphatic heterocycles. The SMILES string of the molecule is COC(=O)C[C@@H]1[C@@H](NC(=O)C(=NOC(C)(C)C(=O)O)c2csc(N)n2)C(=O)N1S(=O)(=O)O. The molecule has 0 spiro atoms. The van der Waals surface area contributed by atoms with E-state index in [2.05, 4.69) is 20.2 Å². The summed E-state index contributed by atoms with van der Waals surface area (Å²) in [5.41, 5.74) is 3.02. The Balaban J connectivity index is 2.34. The monoisotopic (exact) mass is 493 g/mol. The number of carbonyl (C=O) groups excluding carboxylic acids is 3. The standard InChI is InChI=1S/C15H19N5O10S2/c1-15(2,13(24)25)30-19-9(6-5-31-14(16)17-6)11(22)18-10-7(4-8(21)29-3)20(12(10)23)32(26,27)28/h5,7,10H,4H2,1-3H3,(H2,16,17)(H,18,22)(H,24,25)(H,26,27,28)/t7-,10-/m1/s1. The number of oxime groups is 1. The number of aromatic nitrogens is 1. The first-order valence-electron chi connectivity index (χ1n) is 8.58. The number of methoxy groups -OCH3 is 1. The Morgan fingerprint density at radius 1 is 1.41 bits per heavy atom. The number of rotatable bonds is 9. The minimum atomic E-state index is -5.02. The zero-order valence-electron chi connectivity index (χ0n) is 16.8. The van der Waals surface area contributed by atoms with Gasteiger partial charge in [-0.3, -0.25) is 18.9 Å². The van der Waals surface area contributed by atoms with Crippen molar-refractivity contribution in [2.24, 2.45) is 5.16 Å². The largest absolute Gasteiger partial charge is 0.478 e. The number of carbonyl (C=O) groups is 4. The third-order valence-corrected chi connectivity index (χ3v) is 5.79. The molecular weight excluding hydrogens is 474 g/mol. The summed E-state index contributed by atoms with van der Waals surface area (Å²) in [6, 6.07) is -3.04. The maximum Gasteiger partial charge on any atom is 0.362 e. The van der Waals surface area contributed by atoms with E-state index in [9.17, 15) is 32.1 Å². The number of aliphatic carboxylic acids is 1. The van der Waals surface area contributed by atoms with Gasteiger partial charge >= 0.3 is 22.2 Å². The second kappa shape index (κ2) is 9.05. The quantitative estimate of drug-likeness (QED) is 0.0999. The third-order valence-electron chi connectivity index (χ3n) is 4.17. The van der Waals surface area contributed by atoms with E-state index in [-0.39, 0.29) is 15.1 Å². The smallest absolute Gasteiger partial charge is 0.362 e. The summed E-state index contributed by atoms with van der Waals surface area (Å²) in [7, 11) is -4.00. The summed E-state index contributed by atoms with van der Waals surface area (Å²) in [5, 5.41) is 16.2. The van der Waals surface area contributed by atoms with Gasteiger partial charge in [0.2, 0.25) is 5.60 Å². The predicted molar refractivity (Wildman–Crippen MR) is 107 cm³/mol. The Kier molecular flexibility index (Phi) is 7.06. The van der Waals surface area contributed by atoms with Crippen LogP contribution in [0.4, 0.5) is 5.13 Å². The molecular formula is C15H19N5O10S2. The Morgan fingerprint density at radius 3 is 2.50 bits per heavy atom. The van der Waals surface area contributed by atoms with Crippen LogP contribution in [0.2, 0.25) is 0 Å². The normalized spacial score (nSPS) is 19.2. The van der Waals surface area contributed by atoms with Crippen LogP contribution in [0.25, 0.3) is 0 Å². The molecule has 0 aliphatic carbocycles. The fraction of sp³-hybridized carbons (Fsp3) is 0.467. The van der Waals surface area contributed by atoms with Crippen LogP contribution in [0.5, 0.6) is 0 Å². The summed E-state index contributed by atoms with van der Waals surface area (Å²) in [6.45, 7) is 2.32. The topological polar surface area (TPSA) is 228 Å². The zero-order chi connectivity index (χ0) is 24.4. The number of nitrogen functional groups attached to an aromatic ring is 1. The van der Waals surface area contributed by atoms with Gasteiger partial charge in [-0.25, -0.2) is 14.1 Å². The highest BCUT2D eigenvalue weighted by Crippen LogP contribution is 2.27. The van der Waals surface area contributed by atoms with Crippen LogP contribution in [0.1, 0.15) is 26.0 Å². The van der Waals surface area contributed by atoms with Crippen LogP contribution in [-0.2, 0) is 39.1 Å². The maximum absolute atomic E-state index is 12.8. The highest BCUT2D eigenvalue weighted by Gasteiger charge is 2.55. The minimum absolute atomic E-state index is 0.0244. The molecule has 1 aromatic rings. The molecule has 2 rings (SSSR count). The molecule has 2 amide bonds. The van der Waals surface area contributed by atoms with Crippen LogP contribution in [-0.4, -0.2) is 81.6 Å². The fourth-order valence-corrected chi connectivity index (χ4v) is 3.85. The summed E-state index contributed by atoms with van der Waals surface area (Å²) in [5.74, 6) is -4.64. The molecule has 5 N–H and O–H groups in total. The number of hydrogen-bond acceptors (Lipinski definition) is 12. The molecule has 1 aromatic heterocycles. The van der Waals surface area contributed by atoms with E-state index in [1.165, 1.54) is 5.38 Å². The third kappa shape index (κ3) is 5.29. The van der Waals surface area contributed by atoms with Gasteiger partial charge in [-0.1, -0.05) is 5.16 Å². The van der Waals surface area contributed by atoms with E-state index < -0.39 is 63.9 Å². The van der Waals surface area contributed by atoms with Gasteiger partial charge in [-0.15, -0.1) is 11.3 Å². The van der Waals surface area contributed by atoms with E-state index in [0.717, 1.165) is 32.3 Å². The van der Waals surface area contributed by atoms with Crippen molar-refractivity contribution < 1.29 is 46.8 Å². The van der Waals surface area contributed by atoms with Crippen molar-refractivity contribution in [2.75, 3.05) is 12.8 Å². The predicted octanol–water partition coefficient (Wildman–Crippen LogP) is -1.63. The highest BCUT2D eigenvalue weighted by molar-refractivity contribution is 7.84. The highest BCUT2D eigenvalue weighted by atomic mass is 32.2. The molecule has 1 aliphatic rings. The number of amides is 2. The van der Waals surface area contributed by atoms with Gasteiger partial charge in [-0.2, -0.15) is 8.42 Å². The summed E-state index contributed by atoms with van der Waals surface area (Å²) in [4.78, 5) is 56.6. The zero-order valence-corrected chi connectivity index (χ0v) is 18.5. The van der Waals surface area contributed by atoms with Gasteiger partial charge in [-0.05, 0) is 13.8 Å². The van der Waals surface area contributed by atoms with Crippen molar-refractivity contribution in [1.29, 1.82) is 0 Å². The van der Waals surface area contributed by atoms with Crippen molar-refractivity contribution in [1.82, 2.24) is 14.6 Å². The number of anilines is 1. The molecule has 0 saturated carbocycles. The first-order valence-corrected chi connectivity index (χ1v) is 10.9. The lowest BCUT2D eigenvalue weighted by atomic mass is 9.95. The Bertz CT molecular complexity index is 1080. The number of thiazole rings is 1. The van der Waals surface area contributed by atoms with Crippen LogP contribution < -0.4 is 11.1 Å². The van der Waals surface area contributed by atoms with Crippen LogP contribution in [0.3, 0.4) is 0 Å². The van der Waals surface area contributed by atoms with Crippen molar-refractivity contribution in [2.45, 2.75) is 38.0 Å². The molecule has 32 heavy (non-hydrogen) atoms. The van der Waals surface area contributed by atoms with E-state index in [1.807, 2.05) is 0 Å². The van der Waals surface area contributed by atoms with Gasteiger partial charge < -0.3 is 25.7 Å². The van der Waals surface area contributed by atoms with E-state index in [1.54, 1.807) is 0 Å². The number of nitrogens with one attached hydrogen (secondary N) is 1. The summed E-state index contributed by atoms with van der Waals surface area (Å²) < 4.78 is 36.6. The van der Waals surface area contributed by atoms with Crippen LogP contribution >= 0.6 is 11.3 Å². The number of nitrogens with zero attached hydrogens (tertiary/aromatic N) is 3. The Labute approximate surface area is 185 Å². The minimum Gasteiger partial charge on any atom is -0.478 e. The number of carboxylic acids is 1. The second-order valence-electron chi connectivity index (χ2n) is 6.83. The molecule has 0 radical (unpaired) electrons. The molecule has 17 heteroatoms. The fourth-order valence-electron chi connectivity index (χ4n) is 2.43. The first-order chi connectivity index (χ1) is 14.7. The number of carboxylic acid groups (broad SMARTS) is 1. The van der Waals surface area contributed by atoms with Gasteiger partial charge in [0.05, 0.1) is 19.6 Å². The van der Waals surface area contributed by atoms with Crippen molar-refractivity contribution >= 4 is 56.2 Å². The van der Waals surface area contributed by atoms with E-state index in [4.69, 9.17) is 15.7 Å². The van der Waals surface area contributed by atoms with E-state index >= 15 is 0 Å². The van der Waals surface area contributed by atoms with Gasteiger partial charge in [0.25, 0.3) is 11.8 Å². The molecule has 2 atom stereocenters. The molecule has 15 nitrogen and oxygen atoms in total. The Hall–Kier alpha value is -3.31. The molecule has 176 valence electrons. The van der Waals surface area contributed by atoms with E-state index in [0.29, 0.717) is 0 Å². The van der Waals surface area contributed by atoms with Gasteiger partial charge in [0.15, 0.2) is 10.8 Å². The number of hydrogen-bond donors (Lipinski definition) is 4. The average Bonchev–Trinajstić information content (AvgIpc) is 3.10. The molecule has 2 heterocycles. The van der Waals surface area contributed by atoms with Crippen molar-refractivity contribution in [3.63, 3.8) is 0 Å². The van der Waals surface area contributed by atoms with Gasteiger partial charge in [0, 0.05) is 5.38 Å². The molecule has 0 unspecified atom stereocenters. The summed E-state index contributed by atoms with van der Waals surface area (Å²) >= 11 is 0.930. The Morgan fingerprint density at radius 2 is 2.03 bits per heavy atom. The first kappa shape index (κ1) is 25.0. The van der Waals surface area contributed by atoms with Gasteiger partial charge in [0.1, 0.15) is 11.7 Å². The van der Waals surface area contributed by atoms with Crippen LogP contribution in [0, 0.1) is 0 Å². The lowest BCUT2D eigenvalue weighted by Gasteiger charge is -2.43. The lowest BCUT2D eigenvalue weighted by molar-refractivity contribution is -0.161. The van der Waals surface area contributed by atoms with Crippen LogP contribution in [0.15, 0.2) is 10.5 Å². The maximum atomic E-state index is 12.8. The second-order valence-corrected chi connectivity index (χ2v) is 9.01. The summed E-state index contributed by atoms with van der Waals surface area (Å²) in [6.07, 6.45) is -0.661. The molecule has 1 fully saturated rings. The van der Waals surface area contributed by atoms with Crippen molar-refractivity contribution in [3.05, 3.63) is 11.1 Å². The number of β-lactam (4-membered cyclic amide) rings is 1. The molecule has 1 saturated heterocycles. The molecule has 0 aromatic carbocycles. The lowest BCUT2D eigenvalue weighted by Crippen LogP contribution is -2.72. The van der Waals surface area contributed by atoms with Crippen molar-refractivity contribution in [3.8, 4) is 0 Å². The molecule has 0 bridgehead atoms. The number of ether oxygens (including phenoxy) is 1. The number of esters is 1.